The number of H-pyrrole nitrogens is 1. The van der Waals surface area contributed by atoms with Gasteiger partial charge in [-0.1, -0.05) is 17.7 Å². The Morgan fingerprint density at radius 3 is 3.04 bits per heavy atom. The fraction of sp³-hybridized carbons (Fsp3) is 0.312. The summed E-state index contributed by atoms with van der Waals surface area (Å²) in [6.07, 6.45) is 5.01. The maximum Gasteiger partial charge on any atom is 0.272 e. The van der Waals surface area contributed by atoms with Gasteiger partial charge in [-0.15, -0.1) is 0 Å². The predicted octanol–water partition coefficient (Wildman–Crippen LogP) is 3.14. The number of rotatable bonds is 2. The van der Waals surface area contributed by atoms with Gasteiger partial charge in [0, 0.05) is 12.0 Å². The summed E-state index contributed by atoms with van der Waals surface area (Å²) in [5, 5.41) is 11.8. The summed E-state index contributed by atoms with van der Waals surface area (Å²) in [4.78, 5) is 11.9. The van der Waals surface area contributed by atoms with E-state index in [-0.39, 0.29) is 16.9 Å². The fourth-order valence-corrected chi connectivity index (χ4v) is 3.11. The summed E-state index contributed by atoms with van der Waals surface area (Å²) in [5.41, 5.74) is 2.01. The zero-order chi connectivity index (χ0) is 15.8. The van der Waals surface area contributed by atoms with Gasteiger partial charge in [0.2, 0.25) is 0 Å². The van der Waals surface area contributed by atoms with Crippen molar-refractivity contribution in [2.45, 2.75) is 25.5 Å². The number of nitrogens with zero attached hydrogens (tertiary/aromatic N) is 3. The molecule has 1 aliphatic heterocycles. The second-order valence-electron chi connectivity index (χ2n) is 5.62. The monoisotopic (exact) mass is 330 g/mol. The number of nitrogens with one attached hydrogen (secondary N) is 1. The van der Waals surface area contributed by atoms with Gasteiger partial charge in [0.1, 0.15) is 5.15 Å². The first-order chi connectivity index (χ1) is 11.2. The molecule has 1 unspecified atom stereocenters. The van der Waals surface area contributed by atoms with Gasteiger partial charge in [-0.25, -0.2) is 9.78 Å². The van der Waals surface area contributed by atoms with E-state index in [0.717, 1.165) is 42.3 Å². The Bertz CT molecular complexity index is 912. The van der Waals surface area contributed by atoms with Gasteiger partial charge in [0.05, 0.1) is 17.3 Å². The molecule has 1 saturated heterocycles. The van der Waals surface area contributed by atoms with Crippen molar-refractivity contribution in [2.24, 2.45) is 0 Å². The molecule has 6 nitrogen and oxygen atoms in total. The largest absolute Gasteiger partial charge is 0.356 e. The molecule has 3 aromatic rings. The van der Waals surface area contributed by atoms with Crippen LogP contribution in [0, 0.1) is 0 Å². The van der Waals surface area contributed by atoms with Crippen LogP contribution in [0.5, 0.6) is 0 Å². The summed E-state index contributed by atoms with van der Waals surface area (Å²) >= 11 is 5.88. The SMILES string of the molecule is O=c1[nH]nc(Cl)cc1-c1ccc2c(cnn2C2CCCCO2)c1. The summed E-state index contributed by atoms with van der Waals surface area (Å²) in [6, 6.07) is 7.35. The number of fused-ring (bicyclic) bond motifs is 1. The van der Waals surface area contributed by atoms with Crippen molar-refractivity contribution in [2.75, 3.05) is 6.61 Å². The second kappa shape index (κ2) is 5.79. The van der Waals surface area contributed by atoms with Crippen LogP contribution in [-0.4, -0.2) is 26.6 Å². The third-order valence-electron chi connectivity index (χ3n) is 4.11. The molecule has 1 fully saturated rings. The summed E-state index contributed by atoms with van der Waals surface area (Å²) < 4.78 is 7.72. The first-order valence-corrected chi connectivity index (χ1v) is 7.94. The van der Waals surface area contributed by atoms with Gasteiger partial charge < -0.3 is 4.74 Å². The van der Waals surface area contributed by atoms with Crippen molar-refractivity contribution in [3.05, 3.63) is 46.0 Å². The fourth-order valence-electron chi connectivity index (χ4n) is 2.96. The van der Waals surface area contributed by atoms with Crippen molar-refractivity contribution in [3.8, 4) is 11.1 Å². The lowest BCUT2D eigenvalue weighted by Gasteiger charge is -2.23. The Balaban J connectivity index is 1.77. The number of aromatic nitrogens is 4. The van der Waals surface area contributed by atoms with Gasteiger partial charge >= 0.3 is 0 Å². The first kappa shape index (κ1) is 14.4. The van der Waals surface area contributed by atoms with Gasteiger partial charge in [-0.2, -0.15) is 10.2 Å². The van der Waals surface area contributed by atoms with Crippen LogP contribution in [0.15, 0.2) is 35.3 Å². The van der Waals surface area contributed by atoms with Crippen molar-refractivity contribution in [1.29, 1.82) is 0 Å². The molecule has 23 heavy (non-hydrogen) atoms. The number of halogens is 1. The molecule has 1 atom stereocenters. The minimum Gasteiger partial charge on any atom is -0.356 e. The molecular weight excluding hydrogens is 316 g/mol. The van der Waals surface area contributed by atoms with E-state index in [4.69, 9.17) is 16.3 Å². The molecule has 0 saturated carbocycles. The highest BCUT2D eigenvalue weighted by molar-refractivity contribution is 6.29. The molecule has 7 heteroatoms. The van der Waals surface area contributed by atoms with Crippen molar-refractivity contribution in [3.63, 3.8) is 0 Å². The van der Waals surface area contributed by atoms with E-state index in [2.05, 4.69) is 15.3 Å². The molecule has 118 valence electrons. The standard InChI is InChI=1S/C16H15ClN4O2/c17-14-8-12(16(22)20-19-14)10-4-5-13-11(7-10)9-18-21(13)15-3-1-2-6-23-15/h4-5,7-9,15H,1-3,6H2,(H,20,22). The van der Waals surface area contributed by atoms with Crippen LogP contribution in [0.4, 0.5) is 0 Å². The van der Waals surface area contributed by atoms with E-state index in [9.17, 15) is 4.79 Å². The van der Waals surface area contributed by atoms with Crippen LogP contribution in [0.3, 0.4) is 0 Å². The van der Waals surface area contributed by atoms with E-state index in [1.165, 1.54) is 0 Å². The number of ether oxygens (including phenoxy) is 1. The molecule has 0 aliphatic carbocycles. The van der Waals surface area contributed by atoms with Crippen molar-refractivity contribution in [1.82, 2.24) is 20.0 Å². The lowest BCUT2D eigenvalue weighted by molar-refractivity contribution is -0.0366. The Hall–Kier alpha value is -2.18. The highest BCUT2D eigenvalue weighted by Gasteiger charge is 2.18. The molecule has 1 aromatic carbocycles. The van der Waals surface area contributed by atoms with Crippen LogP contribution in [0.25, 0.3) is 22.0 Å². The van der Waals surface area contributed by atoms with Gasteiger partial charge in [-0.3, -0.25) is 4.79 Å². The lowest BCUT2D eigenvalue weighted by Crippen LogP contribution is -2.18. The van der Waals surface area contributed by atoms with E-state index in [1.54, 1.807) is 12.3 Å². The Kier molecular flexibility index (Phi) is 3.63. The molecule has 1 N–H and O–H groups in total. The number of hydrogen-bond donors (Lipinski definition) is 1. The van der Waals surface area contributed by atoms with E-state index >= 15 is 0 Å². The normalized spacial score (nSPS) is 18.4. The van der Waals surface area contributed by atoms with E-state index in [0.29, 0.717) is 5.56 Å². The Labute approximate surface area is 137 Å². The maximum absolute atomic E-state index is 11.9. The average Bonchev–Trinajstić information content (AvgIpc) is 3.01. The average molecular weight is 331 g/mol. The summed E-state index contributed by atoms with van der Waals surface area (Å²) in [5.74, 6) is 0. The zero-order valence-corrected chi connectivity index (χ0v) is 13.1. The van der Waals surface area contributed by atoms with Gasteiger partial charge in [0.25, 0.3) is 5.56 Å². The quantitative estimate of drug-likeness (QED) is 0.783. The number of hydrogen-bond acceptors (Lipinski definition) is 4. The third kappa shape index (κ3) is 2.64. The highest BCUT2D eigenvalue weighted by Crippen LogP contribution is 2.28. The molecule has 0 radical (unpaired) electrons. The van der Waals surface area contributed by atoms with Crippen LogP contribution in [0.2, 0.25) is 5.15 Å². The van der Waals surface area contributed by atoms with Crippen LogP contribution >= 0.6 is 11.6 Å². The Morgan fingerprint density at radius 2 is 2.22 bits per heavy atom. The summed E-state index contributed by atoms with van der Waals surface area (Å²) in [7, 11) is 0. The smallest absolute Gasteiger partial charge is 0.272 e. The zero-order valence-electron chi connectivity index (χ0n) is 12.3. The van der Waals surface area contributed by atoms with Gasteiger partial charge in [0.15, 0.2) is 6.23 Å². The third-order valence-corrected chi connectivity index (χ3v) is 4.30. The minimum absolute atomic E-state index is 0.00845. The number of aromatic amines is 1. The minimum atomic E-state index is -0.267. The van der Waals surface area contributed by atoms with Crippen molar-refractivity contribution < 1.29 is 4.74 Å². The molecule has 0 spiro atoms. The topological polar surface area (TPSA) is 72.8 Å². The van der Waals surface area contributed by atoms with Crippen LogP contribution < -0.4 is 5.56 Å². The van der Waals surface area contributed by atoms with Crippen molar-refractivity contribution >= 4 is 22.5 Å². The molecule has 4 rings (SSSR count). The van der Waals surface area contributed by atoms with Crippen LogP contribution in [-0.2, 0) is 4.74 Å². The molecular formula is C16H15ClN4O2. The predicted molar refractivity (Wildman–Crippen MR) is 87.4 cm³/mol. The molecule has 0 amide bonds. The molecule has 1 aliphatic rings. The second-order valence-corrected chi connectivity index (χ2v) is 6.00. The Morgan fingerprint density at radius 1 is 1.30 bits per heavy atom. The number of benzene rings is 1. The maximum atomic E-state index is 11.9. The first-order valence-electron chi connectivity index (χ1n) is 7.57. The molecule has 2 aromatic heterocycles. The molecule has 0 bridgehead atoms. The van der Waals surface area contributed by atoms with E-state index < -0.39 is 0 Å². The van der Waals surface area contributed by atoms with E-state index in [1.807, 2.05) is 22.9 Å². The molecule has 3 heterocycles. The summed E-state index contributed by atoms with van der Waals surface area (Å²) in [6.45, 7) is 0.773. The lowest BCUT2D eigenvalue weighted by atomic mass is 10.1. The van der Waals surface area contributed by atoms with Crippen LogP contribution in [0.1, 0.15) is 25.5 Å². The van der Waals surface area contributed by atoms with Gasteiger partial charge in [-0.05, 0) is 43.0 Å². The highest BCUT2D eigenvalue weighted by atomic mass is 35.5.